The molecule has 1 aromatic heterocycles. The summed E-state index contributed by atoms with van der Waals surface area (Å²) in [5.41, 5.74) is 2.90. The predicted octanol–water partition coefficient (Wildman–Crippen LogP) is 2.15. The van der Waals surface area contributed by atoms with Gasteiger partial charge in [0.1, 0.15) is 0 Å². The molecule has 0 radical (unpaired) electrons. The van der Waals surface area contributed by atoms with Crippen molar-refractivity contribution in [3.8, 4) is 0 Å². The summed E-state index contributed by atoms with van der Waals surface area (Å²) in [5, 5.41) is 9.17. The maximum atomic E-state index is 13.2. The van der Waals surface area contributed by atoms with E-state index in [1.165, 1.54) is 0 Å². The normalized spacial score (nSPS) is 23.8. The SMILES string of the molecule is CCn1c(C)cc(C(=O)N2CC[C@H](N3CCOCC3)[C@H](CCC(=O)O)C2)c1C. The van der Waals surface area contributed by atoms with E-state index in [-0.39, 0.29) is 18.2 Å². The van der Waals surface area contributed by atoms with Gasteiger partial charge in [-0.15, -0.1) is 0 Å². The van der Waals surface area contributed by atoms with Crippen LogP contribution in [0, 0.1) is 19.8 Å². The first-order valence-electron chi connectivity index (χ1n) is 10.4. The number of hydrogen-bond acceptors (Lipinski definition) is 4. The lowest BCUT2D eigenvalue weighted by Gasteiger charge is -2.45. The summed E-state index contributed by atoms with van der Waals surface area (Å²) in [4.78, 5) is 28.8. The molecule has 3 rings (SSSR count). The third-order valence-electron chi connectivity index (χ3n) is 6.35. The third kappa shape index (κ3) is 4.41. The highest BCUT2D eigenvalue weighted by Crippen LogP contribution is 2.29. The summed E-state index contributed by atoms with van der Waals surface area (Å²) in [7, 11) is 0. The number of nitrogens with zero attached hydrogens (tertiary/aromatic N) is 3. The number of likely N-dealkylation sites (tertiary alicyclic amines) is 1. The zero-order chi connectivity index (χ0) is 20.3. The van der Waals surface area contributed by atoms with Crippen LogP contribution in [0.15, 0.2) is 6.07 Å². The fourth-order valence-corrected chi connectivity index (χ4v) is 4.86. The fourth-order valence-electron chi connectivity index (χ4n) is 4.86. The van der Waals surface area contributed by atoms with E-state index in [2.05, 4.69) is 16.4 Å². The standard InChI is InChI=1S/C21H33N3O4/c1-4-24-15(2)13-18(16(24)3)21(27)23-8-7-19(22-9-11-28-12-10-22)17(14-23)5-6-20(25)26/h13,17,19H,4-12,14H2,1-3H3,(H,25,26)/t17-,19+/m1/s1. The Bertz CT molecular complexity index is 709. The molecule has 2 fully saturated rings. The van der Waals surface area contributed by atoms with E-state index >= 15 is 0 Å². The molecule has 2 saturated heterocycles. The first kappa shape index (κ1) is 20.9. The van der Waals surface area contributed by atoms with Crippen molar-refractivity contribution in [3.05, 3.63) is 23.0 Å². The van der Waals surface area contributed by atoms with Gasteiger partial charge in [0.2, 0.25) is 0 Å². The Labute approximate surface area is 167 Å². The highest BCUT2D eigenvalue weighted by atomic mass is 16.5. The van der Waals surface area contributed by atoms with Gasteiger partial charge in [-0.2, -0.15) is 0 Å². The number of carboxylic acid groups (broad SMARTS) is 1. The lowest BCUT2D eigenvalue weighted by Crippen LogP contribution is -2.55. The number of carbonyl (C=O) groups excluding carboxylic acids is 1. The van der Waals surface area contributed by atoms with Crippen molar-refractivity contribution in [2.75, 3.05) is 39.4 Å². The zero-order valence-corrected chi connectivity index (χ0v) is 17.3. The first-order valence-corrected chi connectivity index (χ1v) is 10.4. The Morgan fingerprint density at radius 3 is 2.54 bits per heavy atom. The second kappa shape index (κ2) is 9.09. The van der Waals surface area contributed by atoms with E-state index in [0.717, 1.165) is 62.8 Å². The van der Waals surface area contributed by atoms with Crippen molar-refractivity contribution in [1.82, 2.24) is 14.4 Å². The molecule has 28 heavy (non-hydrogen) atoms. The monoisotopic (exact) mass is 391 g/mol. The number of hydrogen-bond donors (Lipinski definition) is 1. The van der Waals surface area contributed by atoms with Gasteiger partial charge in [-0.1, -0.05) is 0 Å². The zero-order valence-electron chi connectivity index (χ0n) is 17.3. The minimum absolute atomic E-state index is 0.0774. The molecular formula is C21H33N3O4. The van der Waals surface area contributed by atoms with Crippen LogP contribution in [0.2, 0.25) is 0 Å². The molecule has 156 valence electrons. The molecule has 2 aliphatic rings. The molecule has 0 saturated carbocycles. The Balaban J connectivity index is 1.75. The summed E-state index contributed by atoms with van der Waals surface area (Å²) < 4.78 is 7.64. The van der Waals surface area contributed by atoms with E-state index in [0.29, 0.717) is 19.0 Å². The minimum atomic E-state index is -0.768. The number of aromatic nitrogens is 1. The number of aliphatic carboxylic acids is 1. The van der Waals surface area contributed by atoms with Crippen LogP contribution in [-0.4, -0.2) is 76.8 Å². The second-order valence-corrected chi connectivity index (χ2v) is 7.98. The number of piperidine rings is 1. The lowest BCUT2D eigenvalue weighted by molar-refractivity contribution is -0.137. The second-order valence-electron chi connectivity index (χ2n) is 7.98. The summed E-state index contributed by atoms with van der Waals surface area (Å²) in [6.07, 6.45) is 1.65. The van der Waals surface area contributed by atoms with Crippen LogP contribution in [0.4, 0.5) is 0 Å². The van der Waals surface area contributed by atoms with Crippen molar-refractivity contribution in [3.63, 3.8) is 0 Å². The first-order chi connectivity index (χ1) is 13.4. The molecule has 1 N–H and O–H groups in total. The van der Waals surface area contributed by atoms with Gasteiger partial charge in [0.05, 0.1) is 18.8 Å². The van der Waals surface area contributed by atoms with Gasteiger partial charge in [-0.25, -0.2) is 0 Å². The molecular weight excluding hydrogens is 358 g/mol. The molecule has 1 amide bonds. The summed E-state index contributed by atoms with van der Waals surface area (Å²) in [6.45, 7) is 11.6. The van der Waals surface area contributed by atoms with Crippen LogP contribution < -0.4 is 0 Å². The summed E-state index contributed by atoms with van der Waals surface area (Å²) in [5.74, 6) is -0.509. The topological polar surface area (TPSA) is 75.0 Å². The number of carboxylic acids is 1. The van der Waals surface area contributed by atoms with Crippen molar-refractivity contribution in [2.45, 2.75) is 52.6 Å². The van der Waals surface area contributed by atoms with E-state index in [9.17, 15) is 14.7 Å². The molecule has 2 aliphatic heterocycles. The van der Waals surface area contributed by atoms with Gasteiger partial charge >= 0.3 is 5.97 Å². The molecule has 3 heterocycles. The van der Waals surface area contributed by atoms with Crippen molar-refractivity contribution in [2.24, 2.45) is 5.92 Å². The largest absolute Gasteiger partial charge is 0.481 e. The molecule has 2 atom stereocenters. The van der Waals surface area contributed by atoms with Crippen molar-refractivity contribution < 1.29 is 19.4 Å². The molecule has 0 spiro atoms. The van der Waals surface area contributed by atoms with E-state index < -0.39 is 5.97 Å². The molecule has 1 aromatic rings. The Kier molecular flexibility index (Phi) is 6.78. The summed E-state index contributed by atoms with van der Waals surface area (Å²) in [6, 6.07) is 2.32. The van der Waals surface area contributed by atoms with E-state index in [4.69, 9.17) is 4.74 Å². The lowest BCUT2D eigenvalue weighted by atomic mass is 9.86. The number of aryl methyl sites for hydroxylation is 1. The molecule has 7 heteroatoms. The molecule has 0 unspecified atom stereocenters. The average molecular weight is 392 g/mol. The van der Waals surface area contributed by atoms with E-state index in [1.54, 1.807) is 0 Å². The van der Waals surface area contributed by atoms with E-state index in [1.807, 2.05) is 24.8 Å². The summed E-state index contributed by atoms with van der Waals surface area (Å²) >= 11 is 0. The Morgan fingerprint density at radius 2 is 1.93 bits per heavy atom. The Hall–Kier alpha value is -1.86. The minimum Gasteiger partial charge on any atom is -0.481 e. The molecule has 7 nitrogen and oxygen atoms in total. The highest BCUT2D eigenvalue weighted by molar-refractivity contribution is 5.95. The van der Waals surface area contributed by atoms with Gasteiger partial charge in [0.15, 0.2) is 0 Å². The molecule has 0 aliphatic carbocycles. The van der Waals surface area contributed by atoms with Gasteiger partial charge in [0, 0.05) is 56.6 Å². The average Bonchev–Trinajstić information content (AvgIpc) is 2.99. The van der Waals surface area contributed by atoms with Gasteiger partial charge in [-0.3, -0.25) is 14.5 Å². The quantitative estimate of drug-likeness (QED) is 0.804. The molecule has 0 aromatic carbocycles. The fraction of sp³-hybridized carbons (Fsp3) is 0.714. The van der Waals surface area contributed by atoms with Crippen LogP contribution in [-0.2, 0) is 16.1 Å². The van der Waals surface area contributed by atoms with Crippen molar-refractivity contribution >= 4 is 11.9 Å². The van der Waals surface area contributed by atoms with Crippen LogP contribution in [0.1, 0.15) is 47.9 Å². The van der Waals surface area contributed by atoms with Gasteiger partial charge < -0.3 is 19.3 Å². The van der Waals surface area contributed by atoms with Crippen LogP contribution >= 0.6 is 0 Å². The number of amides is 1. The number of morpholine rings is 1. The number of rotatable bonds is 6. The number of carbonyl (C=O) groups is 2. The maximum absolute atomic E-state index is 13.2. The molecule has 0 bridgehead atoms. The maximum Gasteiger partial charge on any atom is 0.303 e. The Morgan fingerprint density at radius 1 is 1.21 bits per heavy atom. The van der Waals surface area contributed by atoms with Crippen LogP contribution in [0.3, 0.4) is 0 Å². The van der Waals surface area contributed by atoms with Gasteiger partial charge in [-0.05, 0) is 45.6 Å². The van der Waals surface area contributed by atoms with Gasteiger partial charge in [0.25, 0.3) is 5.91 Å². The number of ether oxygens (including phenoxy) is 1. The third-order valence-corrected chi connectivity index (χ3v) is 6.35. The van der Waals surface area contributed by atoms with Crippen molar-refractivity contribution in [1.29, 1.82) is 0 Å². The smallest absolute Gasteiger partial charge is 0.303 e. The van der Waals surface area contributed by atoms with Crippen LogP contribution in [0.5, 0.6) is 0 Å². The predicted molar refractivity (Wildman–Crippen MR) is 107 cm³/mol. The van der Waals surface area contributed by atoms with Crippen LogP contribution in [0.25, 0.3) is 0 Å². The highest BCUT2D eigenvalue weighted by Gasteiger charge is 2.36.